The standard InChI is InChI=1S/C24H23NO2S/c1-3-18-12-7-9-17(2)23(18)25-24(27)20-13-8-14-21(15-20)28-16-22(26)19-10-5-4-6-11-19/h4-15H,3,16H2,1-2H3,(H,25,27). The quantitative estimate of drug-likeness (QED) is 0.411. The molecule has 3 aromatic carbocycles. The predicted octanol–water partition coefficient (Wildman–Crippen LogP) is 5.78. The second kappa shape index (κ2) is 9.38. The van der Waals surface area contributed by atoms with E-state index in [1.165, 1.54) is 11.8 Å². The van der Waals surface area contributed by atoms with E-state index in [0.717, 1.165) is 28.1 Å². The topological polar surface area (TPSA) is 46.2 Å². The Labute approximate surface area is 170 Å². The third-order valence-electron chi connectivity index (χ3n) is 4.54. The molecule has 0 aromatic heterocycles. The fourth-order valence-electron chi connectivity index (χ4n) is 2.97. The summed E-state index contributed by atoms with van der Waals surface area (Å²) in [4.78, 5) is 25.9. The van der Waals surface area contributed by atoms with Crippen LogP contribution in [0.25, 0.3) is 0 Å². The lowest BCUT2D eigenvalue weighted by molar-refractivity contribution is 0.101. The molecule has 0 aliphatic carbocycles. The molecule has 0 heterocycles. The van der Waals surface area contributed by atoms with E-state index >= 15 is 0 Å². The Kier molecular flexibility index (Phi) is 6.66. The average Bonchev–Trinajstić information content (AvgIpc) is 2.74. The molecule has 1 amide bonds. The number of Topliss-reactive ketones (excluding diaryl/α,β-unsaturated/α-hetero) is 1. The zero-order valence-corrected chi connectivity index (χ0v) is 16.9. The molecular weight excluding hydrogens is 366 g/mol. The first-order valence-electron chi connectivity index (χ1n) is 9.29. The third-order valence-corrected chi connectivity index (χ3v) is 5.53. The highest BCUT2D eigenvalue weighted by Crippen LogP contribution is 2.24. The van der Waals surface area contributed by atoms with Crippen molar-refractivity contribution in [3.63, 3.8) is 0 Å². The molecule has 3 rings (SSSR count). The van der Waals surface area contributed by atoms with Gasteiger partial charge in [-0.15, -0.1) is 11.8 Å². The van der Waals surface area contributed by atoms with Crippen molar-refractivity contribution in [2.75, 3.05) is 11.1 Å². The molecule has 142 valence electrons. The maximum absolute atomic E-state index is 12.8. The van der Waals surface area contributed by atoms with Crippen LogP contribution in [0.1, 0.15) is 38.8 Å². The van der Waals surface area contributed by atoms with Gasteiger partial charge in [0.2, 0.25) is 0 Å². The summed E-state index contributed by atoms with van der Waals surface area (Å²) in [5, 5.41) is 3.05. The molecule has 0 spiro atoms. The van der Waals surface area contributed by atoms with Crippen LogP contribution in [0.5, 0.6) is 0 Å². The van der Waals surface area contributed by atoms with Gasteiger partial charge in [-0.05, 0) is 42.7 Å². The molecule has 3 nitrogen and oxygen atoms in total. The minimum absolute atomic E-state index is 0.0768. The number of thioether (sulfide) groups is 1. The summed E-state index contributed by atoms with van der Waals surface area (Å²) in [6, 6.07) is 22.7. The number of carbonyl (C=O) groups excluding carboxylic acids is 2. The predicted molar refractivity (Wildman–Crippen MR) is 116 cm³/mol. The summed E-state index contributed by atoms with van der Waals surface area (Å²) in [5.74, 6) is 0.279. The summed E-state index contributed by atoms with van der Waals surface area (Å²) in [6.45, 7) is 4.07. The molecule has 0 bridgehead atoms. The molecular formula is C24H23NO2S. The number of nitrogens with one attached hydrogen (secondary N) is 1. The molecule has 28 heavy (non-hydrogen) atoms. The number of carbonyl (C=O) groups is 2. The molecule has 4 heteroatoms. The number of benzene rings is 3. The van der Waals surface area contributed by atoms with Crippen LogP contribution in [0.15, 0.2) is 77.7 Å². The SMILES string of the molecule is CCc1cccc(C)c1NC(=O)c1cccc(SCC(=O)c2ccccc2)c1. The van der Waals surface area contributed by atoms with Gasteiger partial charge in [-0.25, -0.2) is 0 Å². The molecule has 0 unspecified atom stereocenters. The van der Waals surface area contributed by atoms with Crippen LogP contribution < -0.4 is 5.32 Å². The Morgan fingerprint density at radius 3 is 2.36 bits per heavy atom. The Hall–Kier alpha value is -2.85. The van der Waals surface area contributed by atoms with Crippen LogP contribution in [-0.4, -0.2) is 17.4 Å². The van der Waals surface area contributed by atoms with Gasteiger partial charge in [0.05, 0.1) is 5.75 Å². The maximum atomic E-state index is 12.8. The van der Waals surface area contributed by atoms with Crippen LogP contribution in [0.2, 0.25) is 0 Å². The van der Waals surface area contributed by atoms with Crippen molar-refractivity contribution in [1.82, 2.24) is 0 Å². The summed E-state index contributed by atoms with van der Waals surface area (Å²) in [6.07, 6.45) is 0.856. The van der Waals surface area contributed by atoms with Crippen LogP contribution in [0.4, 0.5) is 5.69 Å². The summed E-state index contributed by atoms with van der Waals surface area (Å²) in [5.41, 5.74) is 4.34. The van der Waals surface area contributed by atoms with Gasteiger partial charge in [-0.3, -0.25) is 9.59 Å². The van der Waals surface area contributed by atoms with Gasteiger partial charge in [0, 0.05) is 21.7 Å². The smallest absolute Gasteiger partial charge is 0.255 e. The van der Waals surface area contributed by atoms with Gasteiger partial charge in [0.25, 0.3) is 5.91 Å². The van der Waals surface area contributed by atoms with Crippen LogP contribution in [-0.2, 0) is 6.42 Å². The van der Waals surface area contributed by atoms with Crippen molar-refractivity contribution in [3.8, 4) is 0 Å². The maximum Gasteiger partial charge on any atom is 0.255 e. The monoisotopic (exact) mass is 389 g/mol. The van der Waals surface area contributed by atoms with Gasteiger partial charge in [-0.2, -0.15) is 0 Å². The van der Waals surface area contributed by atoms with Crippen molar-refractivity contribution in [2.24, 2.45) is 0 Å². The normalized spacial score (nSPS) is 10.5. The molecule has 3 aromatic rings. The minimum atomic E-state index is -0.138. The first-order valence-corrected chi connectivity index (χ1v) is 10.3. The van der Waals surface area contributed by atoms with E-state index < -0.39 is 0 Å². The Bertz CT molecular complexity index is 983. The summed E-state index contributed by atoms with van der Waals surface area (Å²) >= 11 is 1.44. The van der Waals surface area contributed by atoms with Crippen LogP contribution in [0, 0.1) is 6.92 Å². The minimum Gasteiger partial charge on any atom is -0.321 e. The van der Waals surface area contributed by atoms with E-state index in [4.69, 9.17) is 0 Å². The van der Waals surface area contributed by atoms with Gasteiger partial charge in [0.15, 0.2) is 5.78 Å². The van der Waals surface area contributed by atoms with Crippen LogP contribution >= 0.6 is 11.8 Å². The molecule has 0 fully saturated rings. The number of hydrogen-bond acceptors (Lipinski definition) is 3. The number of ketones is 1. The van der Waals surface area contributed by atoms with E-state index in [2.05, 4.69) is 12.2 Å². The largest absolute Gasteiger partial charge is 0.321 e. The number of aryl methyl sites for hydroxylation is 2. The second-order valence-electron chi connectivity index (χ2n) is 6.52. The number of hydrogen-bond donors (Lipinski definition) is 1. The van der Waals surface area contributed by atoms with E-state index in [0.29, 0.717) is 16.9 Å². The lowest BCUT2D eigenvalue weighted by Gasteiger charge is -2.13. The molecule has 0 atom stereocenters. The lowest BCUT2D eigenvalue weighted by atomic mass is 10.1. The summed E-state index contributed by atoms with van der Waals surface area (Å²) in [7, 11) is 0. The summed E-state index contributed by atoms with van der Waals surface area (Å²) < 4.78 is 0. The fraction of sp³-hybridized carbons (Fsp3) is 0.167. The van der Waals surface area contributed by atoms with Crippen molar-refractivity contribution < 1.29 is 9.59 Å². The second-order valence-corrected chi connectivity index (χ2v) is 7.57. The van der Waals surface area contributed by atoms with E-state index in [9.17, 15) is 9.59 Å². The lowest BCUT2D eigenvalue weighted by Crippen LogP contribution is -2.14. The van der Waals surface area contributed by atoms with E-state index in [-0.39, 0.29) is 11.7 Å². The van der Waals surface area contributed by atoms with Gasteiger partial charge in [0.1, 0.15) is 0 Å². The number of para-hydroxylation sites is 1. The van der Waals surface area contributed by atoms with Crippen molar-refractivity contribution >= 4 is 29.1 Å². The molecule has 1 N–H and O–H groups in total. The average molecular weight is 390 g/mol. The zero-order chi connectivity index (χ0) is 19.9. The number of anilines is 1. The van der Waals surface area contributed by atoms with Gasteiger partial charge >= 0.3 is 0 Å². The van der Waals surface area contributed by atoms with Crippen molar-refractivity contribution in [3.05, 3.63) is 95.1 Å². The van der Waals surface area contributed by atoms with E-state index in [1.807, 2.05) is 73.7 Å². The third kappa shape index (κ3) is 4.90. The van der Waals surface area contributed by atoms with Crippen LogP contribution in [0.3, 0.4) is 0 Å². The first-order chi connectivity index (χ1) is 13.6. The highest BCUT2D eigenvalue weighted by atomic mass is 32.2. The Balaban J connectivity index is 1.69. The molecule has 0 saturated carbocycles. The highest BCUT2D eigenvalue weighted by Gasteiger charge is 2.12. The molecule has 0 aliphatic rings. The molecule has 0 aliphatic heterocycles. The van der Waals surface area contributed by atoms with Gasteiger partial charge < -0.3 is 5.32 Å². The highest BCUT2D eigenvalue weighted by molar-refractivity contribution is 8.00. The fourth-order valence-corrected chi connectivity index (χ4v) is 3.82. The first kappa shape index (κ1) is 19.9. The van der Waals surface area contributed by atoms with E-state index in [1.54, 1.807) is 6.07 Å². The van der Waals surface area contributed by atoms with Crippen molar-refractivity contribution in [1.29, 1.82) is 0 Å². The van der Waals surface area contributed by atoms with Gasteiger partial charge in [-0.1, -0.05) is 61.5 Å². The molecule has 0 saturated heterocycles. The molecule has 0 radical (unpaired) electrons. The van der Waals surface area contributed by atoms with Crippen molar-refractivity contribution in [2.45, 2.75) is 25.2 Å². The Morgan fingerprint density at radius 1 is 0.893 bits per heavy atom. The number of rotatable bonds is 7. The number of amides is 1. The Morgan fingerprint density at radius 2 is 1.61 bits per heavy atom. The zero-order valence-electron chi connectivity index (χ0n) is 16.1.